The van der Waals surface area contributed by atoms with Gasteiger partial charge in [0.1, 0.15) is 0 Å². The van der Waals surface area contributed by atoms with E-state index in [4.69, 9.17) is 0 Å². The fourth-order valence-electron chi connectivity index (χ4n) is 2.20. The van der Waals surface area contributed by atoms with Crippen molar-refractivity contribution in [3.63, 3.8) is 0 Å². The minimum atomic E-state index is 0.227. The normalized spacial score (nSPS) is 14.9. The molecule has 1 aliphatic heterocycles. The SMILES string of the molecule is O=C1CCCN1c1ccc(NCc2cncs2)cc1. The molecule has 5 heteroatoms. The van der Waals surface area contributed by atoms with Crippen LogP contribution in [0.2, 0.25) is 0 Å². The Bertz CT molecular complexity index is 551. The first-order chi connectivity index (χ1) is 9.33. The summed E-state index contributed by atoms with van der Waals surface area (Å²) in [5.41, 5.74) is 3.88. The van der Waals surface area contributed by atoms with Crippen molar-refractivity contribution in [3.05, 3.63) is 40.8 Å². The number of thiazole rings is 1. The van der Waals surface area contributed by atoms with E-state index in [1.807, 2.05) is 40.9 Å². The Morgan fingerprint density at radius 3 is 2.79 bits per heavy atom. The number of benzene rings is 1. The van der Waals surface area contributed by atoms with Crippen LogP contribution in [0.1, 0.15) is 17.7 Å². The highest BCUT2D eigenvalue weighted by atomic mass is 32.1. The second kappa shape index (κ2) is 5.40. The largest absolute Gasteiger partial charge is 0.380 e. The van der Waals surface area contributed by atoms with E-state index in [9.17, 15) is 4.79 Å². The lowest BCUT2D eigenvalue weighted by Gasteiger charge is -2.16. The first kappa shape index (κ1) is 12.2. The maximum absolute atomic E-state index is 11.6. The van der Waals surface area contributed by atoms with Gasteiger partial charge in [-0.1, -0.05) is 0 Å². The Balaban J connectivity index is 1.64. The maximum atomic E-state index is 11.6. The molecule has 4 nitrogen and oxygen atoms in total. The molecule has 1 N–H and O–H groups in total. The molecule has 0 bridgehead atoms. The quantitative estimate of drug-likeness (QED) is 0.931. The van der Waals surface area contributed by atoms with E-state index >= 15 is 0 Å². The molecule has 1 aromatic carbocycles. The summed E-state index contributed by atoms with van der Waals surface area (Å²) >= 11 is 1.64. The van der Waals surface area contributed by atoms with Gasteiger partial charge in [0, 0.05) is 35.4 Å². The number of nitrogens with one attached hydrogen (secondary N) is 1. The first-order valence-electron chi connectivity index (χ1n) is 6.34. The van der Waals surface area contributed by atoms with E-state index in [1.54, 1.807) is 11.3 Å². The number of rotatable bonds is 4. The number of carbonyl (C=O) groups excluding carboxylic acids is 1. The molecule has 0 atom stereocenters. The van der Waals surface area contributed by atoms with Gasteiger partial charge in [-0.2, -0.15) is 0 Å². The molecular formula is C14H15N3OS. The van der Waals surface area contributed by atoms with Crippen molar-refractivity contribution < 1.29 is 4.79 Å². The Kier molecular flexibility index (Phi) is 3.46. The Morgan fingerprint density at radius 2 is 2.16 bits per heavy atom. The van der Waals surface area contributed by atoms with Gasteiger partial charge in [-0.25, -0.2) is 0 Å². The Labute approximate surface area is 116 Å². The molecule has 98 valence electrons. The summed E-state index contributed by atoms with van der Waals surface area (Å²) in [7, 11) is 0. The molecular weight excluding hydrogens is 258 g/mol. The minimum Gasteiger partial charge on any atom is -0.380 e. The molecule has 0 saturated carbocycles. The van der Waals surface area contributed by atoms with E-state index in [1.165, 1.54) is 4.88 Å². The number of hydrogen-bond donors (Lipinski definition) is 1. The number of hydrogen-bond acceptors (Lipinski definition) is 4. The number of amides is 1. The van der Waals surface area contributed by atoms with Crippen molar-refractivity contribution in [3.8, 4) is 0 Å². The van der Waals surface area contributed by atoms with Gasteiger partial charge < -0.3 is 10.2 Å². The number of nitrogens with zero attached hydrogens (tertiary/aromatic N) is 2. The van der Waals surface area contributed by atoms with Crippen molar-refractivity contribution in [2.24, 2.45) is 0 Å². The summed E-state index contributed by atoms with van der Waals surface area (Å²) in [4.78, 5) is 18.8. The molecule has 1 saturated heterocycles. The van der Waals surface area contributed by atoms with Crippen LogP contribution in [-0.2, 0) is 11.3 Å². The van der Waals surface area contributed by atoms with Crippen molar-refractivity contribution >= 4 is 28.6 Å². The topological polar surface area (TPSA) is 45.2 Å². The Morgan fingerprint density at radius 1 is 1.32 bits per heavy atom. The fourth-order valence-corrected chi connectivity index (χ4v) is 2.73. The summed E-state index contributed by atoms with van der Waals surface area (Å²) < 4.78 is 0. The van der Waals surface area contributed by atoms with Gasteiger partial charge in [-0.3, -0.25) is 9.78 Å². The van der Waals surface area contributed by atoms with E-state index in [2.05, 4.69) is 10.3 Å². The lowest BCUT2D eigenvalue weighted by molar-refractivity contribution is -0.117. The number of carbonyl (C=O) groups is 1. The van der Waals surface area contributed by atoms with Crippen molar-refractivity contribution in [2.45, 2.75) is 19.4 Å². The van der Waals surface area contributed by atoms with Crippen LogP contribution in [0.5, 0.6) is 0 Å². The zero-order valence-corrected chi connectivity index (χ0v) is 11.3. The lowest BCUT2D eigenvalue weighted by atomic mass is 10.2. The third kappa shape index (κ3) is 2.76. The fraction of sp³-hybridized carbons (Fsp3) is 0.286. The van der Waals surface area contributed by atoms with Crippen LogP contribution in [0, 0.1) is 0 Å². The zero-order valence-electron chi connectivity index (χ0n) is 10.5. The van der Waals surface area contributed by atoms with Gasteiger partial charge in [0.25, 0.3) is 0 Å². The van der Waals surface area contributed by atoms with Crippen molar-refractivity contribution in [1.82, 2.24) is 4.98 Å². The molecule has 3 rings (SSSR count). The highest BCUT2D eigenvalue weighted by molar-refractivity contribution is 7.09. The minimum absolute atomic E-state index is 0.227. The Hall–Kier alpha value is -1.88. The van der Waals surface area contributed by atoms with Crippen molar-refractivity contribution in [1.29, 1.82) is 0 Å². The summed E-state index contributed by atoms with van der Waals surface area (Å²) in [5, 5.41) is 3.34. The predicted octanol–water partition coefficient (Wildman–Crippen LogP) is 2.88. The molecule has 0 radical (unpaired) electrons. The van der Waals surface area contributed by atoms with Crippen LogP contribution in [0.3, 0.4) is 0 Å². The third-order valence-electron chi connectivity index (χ3n) is 3.20. The molecule has 1 aliphatic rings. The van der Waals surface area contributed by atoms with Crippen LogP contribution in [0.15, 0.2) is 36.0 Å². The maximum Gasteiger partial charge on any atom is 0.227 e. The zero-order chi connectivity index (χ0) is 13.1. The van der Waals surface area contributed by atoms with Crippen LogP contribution in [-0.4, -0.2) is 17.4 Å². The first-order valence-corrected chi connectivity index (χ1v) is 7.22. The van der Waals surface area contributed by atoms with Gasteiger partial charge in [0.05, 0.1) is 12.1 Å². The second-order valence-corrected chi connectivity index (χ2v) is 5.49. The van der Waals surface area contributed by atoms with Crippen LogP contribution in [0.4, 0.5) is 11.4 Å². The standard InChI is InChI=1S/C14H15N3OS/c18-14-2-1-7-17(14)12-5-3-11(4-6-12)16-9-13-8-15-10-19-13/h3-6,8,10,16H,1-2,7,9H2. The summed E-state index contributed by atoms with van der Waals surface area (Å²) in [6.45, 7) is 1.62. The van der Waals surface area contributed by atoms with E-state index in [0.29, 0.717) is 6.42 Å². The van der Waals surface area contributed by atoms with E-state index < -0.39 is 0 Å². The van der Waals surface area contributed by atoms with Gasteiger partial charge >= 0.3 is 0 Å². The molecule has 2 heterocycles. The monoisotopic (exact) mass is 273 g/mol. The molecule has 1 aromatic heterocycles. The van der Waals surface area contributed by atoms with Gasteiger partial charge in [0.15, 0.2) is 0 Å². The van der Waals surface area contributed by atoms with Crippen LogP contribution < -0.4 is 10.2 Å². The molecule has 0 spiro atoms. The molecule has 0 unspecified atom stereocenters. The van der Waals surface area contributed by atoms with Gasteiger partial charge in [-0.05, 0) is 30.7 Å². The van der Waals surface area contributed by atoms with Gasteiger partial charge in [0.2, 0.25) is 5.91 Å². The lowest BCUT2D eigenvalue weighted by Crippen LogP contribution is -2.23. The highest BCUT2D eigenvalue weighted by Gasteiger charge is 2.21. The van der Waals surface area contributed by atoms with Crippen molar-refractivity contribution in [2.75, 3.05) is 16.8 Å². The number of anilines is 2. The van der Waals surface area contributed by atoms with E-state index in [0.717, 1.165) is 30.9 Å². The molecule has 1 amide bonds. The third-order valence-corrected chi connectivity index (χ3v) is 3.98. The molecule has 19 heavy (non-hydrogen) atoms. The second-order valence-electron chi connectivity index (χ2n) is 4.52. The summed E-state index contributed by atoms with van der Waals surface area (Å²) in [6.07, 6.45) is 3.50. The van der Waals surface area contributed by atoms with Crippen LogP contribution >= 0.6 is 11.3 Å². The average Bonchev–Trinajstić information content (AvgIpc) is 3.08. The average molecular weight is 273 g/mol. The predicted molar refractivity (Wildman–Crippen MR) is 77.5 cm³/mol. The smallest absolute Gasteiger partial charge is 0.227 e. The molecule has 0 aliphatic carbocycles. The van der Waals surface area contributed by atoms with Gasteiger partial charge in [-0.15, -0.1) is 11.3 Å². The van der Waals surface area contributed by atoms with E-state index in [-0.39, 0.29) is 5.91 Å². The highest BCUT2D eigenvalue weighted by Crippen LogP contribution is 2.23. The number of aromatic nitrogens is 1. The van der Waals surface area contributed by atoms with Crippen LogP contribution in [0.25, 0.3) is 0 Å². The summed E-state index contributed by atoms with van der Waals surface area (Å²) in [6, 6.07) is 8.03. The molecule has 2 aromatic rings. The molecule has 1 fully saturated rings. The summed E-state index contributed by atoms with van der Waals surface area (Å²) in [5.74, 6) is 0.227.